The highest BCUT2D eigenvalue weighted by Crippen LogP contribution is 2.34. The maximum atomic E-state index is 13.5. The molecule has 2 fully saturated rings. The molecule has 1 aromatic carbocycles. The lowest BCUT2D eigenvalue weighted by Crippen LogP contribution is -2.32. The van der Waals surface area contributed by atoms with E-state index in [0.29, 0.717) is 40.6 Å². The van der Waals surface area contributed by atoms with E-state index >= 15 is 0 Å². The van der Waals surface area contributed by atoms with Crippen molar-refractivity contribution in [3.8, 4) is 11.8 Å². The zero-order chi connectivity index (χ0) is 25.4. The molecule has 2 aliphatic rings. The second-order valence-corrected chi connectivity index (χ2v) is 9.69. The maximum Gasteiger partial charge on any atom is 0.255 e. The van der Waals surface area contributed by atoms with E-state index in [-0.39, 0.29) is 35.6 Å². The minimum Gasteiger partial charge on any atom is -0.383 e. The predicted molar refractivity (Wildman–Crippen MR) is 139 cm³/mol. The van der Waals surface area contributed by atoms with Crippen LogP contribution in [-0.4, -0.2) is 44.3 Å². The molecular formula is C28H30N6O2. The van der Waals surface area contributed by atoms with Crippen LogP contribution in [-0.2, 0) is 4.79 Å². The standard InChI is InChI=1S/C28H30N6O2/c1-4-22(35)34-15-20(14-16(34)2)26-32-25(29)24-23(21(31-27(24)33-26)13-12-18-10-11-18)28(36)30-17(3)19-8-6-5-7-9-19/h4-9,16-18,20H,1,10-11,14-15H2,2-3H3,(H,30,36)(H3,29,31,32,33)/t16-,17+,20+/m0/s1. The highest BCUT2D eigenvalue weighted by molar-refractivity contribution is 6.11. The molecule has 1 saturated carbocycles. The number of H-pyrrole nitrogens is 1. The third kappa shape index (κ3) is 4.57. The molecule has 1 saturated heterocycles. The van der Waals surface area contributed by atoms with Gasteiger partial charge in [-0.1, -0.05) is 42.8 Å². The molecular weight excluding hydrogens is 452 g/mol. The number of aromatic nitrogens is 3. The van der Waals surface area contributed by atoms with Gasteiger partial charge < -0.3 is 20.9 Å². The summed E-state index contributed by atoms with van der Waals surface area (Å²) in [5.41, 5.74) is 8.79. The second kappa shape index (κ2) is 9.50. The van der Waals surface area contributed by atoms with Gasteiger partial charge in [0.1, 0.15) is 23.0 Å². The van der Waals surface area contributed by atoms with Gasteiger partial charge in [0.05, 0.1) is 17.0 Å². The van der Waals surface area contributed by atoms with Gasteiger partial charge in [0.15, 0.2) is 0 Å². The van der Waals surface area contributed by atoms with Crippen LogP contribution in [0, 0.1) is 17.8 Å². The van der Waals surface area contributed by atoms with Gasteiger partial charge in [-0.15, -0.1) is 0 Å². The van der Waals surface area contributed by atoms with Crippen LogP contribution in [0.1, 0.15) is 72.5 Å². The molecule has 0 spiro atoms. The van der Waals surface area contributed by atoms with E-state index in [4.69, 9.17) is 10.7 Å². The first-order valence-electron chi connectivity index (χ1n) is 12.3. The number of hydrogen-bond acceptors (Lipinski definition) is 5. The largest absolute Gasteiger partial charge is 0.383 e. The van der Waals surface area contributed by atoms with Gasteiger partial charge in [-0.3, -0.25) is 9.59 Å². The van der Waals surface area contributed by atoms with Crippen molar-refractivity contribution in [3.63, 3.8) is 0 Å². The van der Waals surface area contributed by atoms with Gasteiger partial charge in [0.2, 0.25) is 5.91 Å². The lowest BCUT2D eigenvalue weighted by Gasteiger charge is -2.19. The number of carbonyl (C=O) groups excluding carboxylic acids is 2. The first kappa shape index (κ1) is 23.6. The molecule has 1 aliphatic heterocycles. The Morgan fingerprint density at radius 2 is 2.03 bits per heavy atom. The van der Waals surface area contributed by atoms with Crippen LogP contribution in [0.3, 0.4) is 0 Å². The zero-order valence-electron chi connectivity index (χ0n) is 20.5. The fraction of sp³-hybridized carbons (Fsp3) is 0.357. The van der Waals surface area contributed by atoms with E-state index in [1.54, 1.807) is 4.90 Å². The van der Waals surface area contributed by atoms with Crippen molar-refractivity contribution in [1.29, 1.82) is 0 Å². The van der Waals surface area contributed by atoms with Gasteiger partial charge in [0.25, 0.3) is 5.91 Å². The third-order valence-corrected chi connectivity index (χ3v) is 6.95. The first-order valence-corrected chi connectivity index (χ1v) is 12.3. The summed E-state index contributed by atoms with van der Waals surface area (Å²) < 4.78 is 0. The molecule has 36 heavy (non-hydrogen) atoms. The van der Waals surface area contributed by atoms with Crippen LogP contribution in [0.15, 0.2) is 43.0 Å². The summed E-state index contributed by atoms with van der Waals surface area (Å²) in [5, 5.41) is 3.54. The highest BCUT2D eigenvalue weighted by Gasteiger charge is 2.35. The van der Waals surface area contributed by atoms with E-state index in [1.807, 2.05) is 44.2 Å². The Morgan fingerprint density at radius 1 is 1.28 bits per heavy atom. The van der Waals surface area contributed by atoms with E-state index in [1.165, 1.54) is 6.08 Å². The van der Waals surface area contributed by atoms with Gasteiger partial charge in [-0.25, -0.2) is 9.97 Å². The van der Waals surface area contributed by atoms with Crippen molar-refractivity contribution in [3.05, 3.63) is 65.6 Å². The molecule has 4 N–H and O–H groups in total. The Hall–Kier alpha value is -4.12. The number of fused-ring (bicyclic) bond motifs is 1. The Kier molecular flexibility index (Phi) is 6.23. The van der Waals surface area contributed by atoms with Crippen molar-refractivity contribution in [2.45, 2.75) is 51.1 Å². The quantitative estimate of drug-likeness (QED) is 0.379. The number of aromatic amines is 1. The SMILES string of the molecule is C=CC(=O)N1C[C@H](c2nc(N)c3c(C(=O)N[C@H](C)c4ccccc4)c(C#CC4CC4)[nH]c3n2)C[C@@H]1C. The number of likely N-dealkylation sites (tertiary alicyclic amines) is 1. The van der Waals surface area contributed by atoms with Gasteiger partial charge >= 0.3 is 0 Å². The average molecular weight is 483 g/mol. The van der Waals surface area contributed by atoms with Crippen molar-refractivity contribution >= 4 is 28.7 Å². The average Bonchev–Trinajstić information content (AvgIpc) is 3.51. The number of nitrogens with zero attached hydrogens (tertiary/aromatic N) is 3. The molecule has 3 aromatic rings. The highest BCUT2D eigenvalue weighted by atomic mass is 16.2. The van der Waals surface area contributed by atoms with Crippen LogP contribution < -0.4 is 11.1 Å². The van der Waals surface area contributed by atoms with Gasteiger partial charge in [-0.05, 0) is 50.7 Å². The summed E-state index contributed by atoms with van der Waals surface area (Å²) in [7, 11) is 0. The summed E-state index contributed by atoms with van der Waals surface area (Å²) in [6, 6.07) is 9.61. The minimum atomic E-state index is -0.280. The van der Waals surface area contributed by atoms with Crippen LogP contribution >= 0.6 is 0 Å². The van der Waals surface area contributed by atoms with Gasteiger partial charge in [0, 0.05) is 24.4 Å². The van der Waals surface area contributed by atoms with Crippen LogP contribution in [0.4, 0.5) is 5.82 Å². The lowest BCUT2D eigenvalue weighted by atomic mass is 10.0. The number of nitrogen functional groups attached to an aromatic ring is 1. The summed E-state index contributed by atoms with van der Waals surface area (Å²) in [6.07, 6.45) is 4.20. The molecule has 2 aromatic heterocycles. The molecule has 1 aliphatic carbocycles. The number of hydrogen-bond donors (Lipinski definition) is 3. The molecule has 2 amide bonds. The molecule has 3 atom stereocenters. The Balaban J connectivity index is 1.51. The number of amides is 2. The number of nitrogens with one attached hydrogen (secondary N) is 2. The molecule has 184 valence electrons. The van der Waals surface area contributed by atoms with Crippen LogP contribution in [0.2, 0.25) is 0 Å². The topological polar surface area (TPSA) is 117 Å². The molecule has 0 bridgehead atoms. The van der Waals surface area contributed by atoms with E-state index in [9.17, 15) is 9.59 Å². The van der Waals surface area contributed by atoms with Crippen LogP contribution in [0.25, 0.3) is 11.0 Å². The van der Waals surface area contributed by atoms with Crippen LogP contribution in [0.5, 0.6) is 0 Å². The zero-order valence-corrected chi connectivity index (χ0v) is 20.5. The molecule has 5 rings (SSSR count). The molecule has 0 unspecified atom stereocenters. The third-order valence-electron chi connectivity index (χ3n) is 6.95. The van der Waals surface area contributed by atoms with Crippen molar-refractivity contribution < 1.29 is 9.59 Å². The molecule has 8 heteroatoms. The van der Waals surface area contributed by atoms with Crippen molar-refractivity contribution in [2.75, 3.05) is 12.3 Å². The van der Waals surface area contributed by atoms with Gasteiger partial charge in [-0.2, -0.15) is 0 Å². The second-order valence-electron chi connectivity index (χ2n) is 9.69. The monoisotopic (exact) mass is 482 g/mol. The van der Waals surface area contributed by atoms with E-state index in [0.717, 1.165) is 24.8 Å². The number of rotatable bonds is 5. The summed E-state index contributed by atoms with van der Waals surface area (Å²) in [4.78, 5) is 40.1. The van der Waals surface area contributed by atoms with Crippen molar-refractivity contribution in [2.24, 2.45) is 5.92 Å². The molecule has 3 heterocycles. The van der Waals surface area contributed by atoms with E-state index in [2.05, 4.69) is 33.7 Å². The number of benzene rings is 1. The Bertz CT molecular complexity index is 1400. The number of nitrogens with two attached hydrogens (primary N) is 1. The fourth-order valence-corrected chi connectivity index (χ4v) is 4.78. The maximum absolute atomic E-state index is 13.5. The predicted octanol–water partition coefficient (Wildman–Crippen LogP) is 3.68. The normalized spacial score (nSPS) is 20.0. The minimum absolute atomic E-state index is 0.0467. The molecule has 0 radical (unpaired) electrons. The Morgan fingerprint density at radius 3 is 2.72 bits per heavy atom. The number of anilines is 1. The van der Waals surface area contributed by atoms with E-state index < -0.39 is 0 Å². The van der Waals surface area contributed by atoms with Crippen molar-refractivity contribution in [1.82, 2.24) is 25.2 Å². The molecule has 8 nitrogen and oxygen atoms in total. The lowest BCUT2D eigenvalue weighted by molar-refractivity contribution is -0.126. The summed E-state index contributed by atoms with van der Waals surface area (Å²) in [6.45, 7) is 8.03. The summed E-state index contributed by atoms with van der Waals surface area (Å²) >= 11 is 0. The fourth-order valence-electron chi connectivity index (χ4n) is 4.78. The summed E-state index contributed by atoms with van der Waals surface area (Å²) in [5.74, 6) is 7.08. The number of carbonyl (C=O) groups is 2. The smallest absolute Gasteiger partial charge is 0.255 e. The Labute approximate surface area is 210 Å². The first-order chi connectivity index (χ1) is 17.4.